The highest BCUT2D eigenvalue weighted by atomic mass is 35.5. The van der Waals surface area contributed by atoms with Gasteiger partial charge in [0.15, 0.2) is 0 Å². The number of nitrogens with zero attached hydrogens (tertiary/aromatic N) is 6. The van der Waals surface area contributed by atoms with Crippen LogP contribution in [0.4, 0.5) is 4.39 Å². The van der Waals surface area contributed by atoms with Gasteiger partial charge in [-0.15, -0.1) is 0 Å². The van der Waals surface area contributed by atoms with Crippen LogP contribution in [0.5, 0.6) is 5.75 Å². The molecule has 1 amide bonds. The summed E-state index contributed by atoms with van der Waals surface area (Å²) >= 11 is 6.39. The molecular weight excluding hydrogens is 501 g/mol. The van der Waals surface area contributed by atoms with E-state index in [1.54, 1.807) is 4.52 Å². The number of rotatable bonds is 6. The number of hydrogen-bond donors (Lipinski definition) is 2. The Morgan fingerprint density at radius 3 is 2.89 bits per heavy atom. The van der Waals surface area contributed by atoms with Gasteiger partial charge in [0.2, 0.25) is 5.91 Å². The fraction of sp³-hybridized carbons (Fsp3) is 0.360. The number of aromatic nitrogens is 5. The Bertz CT molecular complexity index is 1480. The number of amides is 1. The van der Waals surface area contributed by atoms with Crippen molar-refractivity contribution in [2.45, 2.75) is 26.1 Å². The molecule has 1 saturated heterocycles. The Hall–Kier alpha value is -3.54. The molecule has 4 aromatic rings. The quantitative estimate of drug-likeness (QED) is 0.398. The molecule has 2 aliphatic rings. The second-order valence-electron chi connectivity index (χ2n) is 9.37. The van der Waals surface area contributed by atoms with Crippen LogP contribution < -0.4 is 10.1 Å². The molecule has 6 heterocycles. The van der Waals surface area contributed by atoms with Gasteiger partial charge in [0.05, 0.1) is 53.5 Å². The summed E-state index contributed by atoms with van der Waals surface area (Å²) in [5.41, 5.74) is 4.34. The zero-order chi connectivity index (χ0) is 25.7. The van der Waals surface area contributed by atoms with Gasteiger partial charge >= 0.3 is 0 Å². The van der Waals surface area contributed by atoms with E-state index < -0.39 is 11.9 Å². The molecule has 2 aliphatic heterocycles. The highest BCUT2D eigenvalue weighted by molar-refractivity contribution is 6.34. The van der Waals surface area contributed by atoms with Crippen LogP contribution in [-0.4, -0.2) is 66.5 Å². The van der Waals surface area contributed by atoms with Crippen molar-refractivity contribution in [3.8, 4) is 17.0 Å². The number of pyridine rings is 2. The fourth-order valence-electron chi connectivity index (χ4n) is 4.76. The van der Waals surface area contributed by atoms with Crippen LogP contribution in [-0.2, 0) is 17.9 Å². The molecule has 0 bridgehead atoms. The van der Waals surface area contributed by atoms with Crippen LogP contribution in [0.25, 0.3) is 16.8 Å². The smallest absolute Gasteiger partial charge is 0.228 e. The van der Waals surface area contributed by atoms with Crippen molar-refractivity contribution in [1.29, 1.82) is 0 Å². The molecule has 0 aromatic carbocycles. The highest BCUT2D eigenvalue weighted by Gasteiger charge is 2.32. The van der Waals surface area contributed by atoms with Gasteiger partial charge in [-0.3, -0.25) is 14.5 Å². The molecule has 37 heavy (non-hydrogen) atoms. The summed E-state index contributed by atoms with van der Waals surface area (Å²) in [5.74, 6) is 0.176. The number of nitrogens with one attached hydrogen (secondary N) is 1. The number of aliphatic hydroxyl groups excluding tert-OH is 1. The van der Waals surface area contributed by atoms with Crippen molar-refractivity contribution in [3.63, 3.8) is 0 Å². The van der Waals surface area contributed by atoms with Gasteiger partial charge in [-0.25, -0.2) is 8.91 Å². The Morgan fingerprint density at radius 1 is 1.32 bits per heavy atom. The maximum Gasteiger partial charge on any atom is 0.228 e. The molecule has 12 heteroatoms. The van der Waals surface area contributed by atoms with Crippen LogP contribution in [0.1, 0.15) is 23.1 Å². The summed E-state index contributed by atoms with van der Waals surface area (Å²) in [6.07, 6.45) is 3.33. The van der Waals surface area contributed by atoms with Gasteiger partial charge in [-0.05, 0) is 25.1 Å². The molecule has 10 nitrogen and oxygen atoms in total. The third kappa shape index (κ3) is 4.32. The first-order chi connectivity index (χ1) is 17.9. The van der Waals surface area contributed by atoms with E-state index in [-0.39, 0.29) is 18.4 Å². The number of aliphatic hydroxyl groups is 1. The first kappa shape index (κ1) is 23.8. The summed E-state index contributed by atoms with van der Waals surface area (Å²) in [6, 6.07) is 4.47. The highest BCUT2D eigenvalue weighted by Crippen LogP contribution is 2.35. The van der Waals surface area contributed by atoms with Crippen LogP contribution in [0, 0.1) is 18.7 Å². The van der Waals surface area contributed by atoms with Gasteiger partial charge in [0, 0.05) is 37.0 Å². The first-order valence-corrected chi connectivity index (χ1v) is 12.4. The molecule has 1 unspecified atom stereocenters. The molecule has 192 valence electrons. The molecule has 0 spiro atoms. The molecule has 0 saturated carbocycles. The lowest BCUT2D eigenvalue weighted by Crippen LogP contribution is -2.53. The number of halogens is 2. The number of fused-ring (bicyclic) bond motifs is 2. The molecule has 0 radical (unpaired) electrons. The van der Waals surface area contributed by atoms with Crippen molar-refractivity contribution in [3.05, 3.63) is 64.6 Å². The van der Waals surface area contributed by atoms with Crippen LogP contribution in [0.3, 0.4) is 0 Å². The number of carbonyl (C=O) groups is 1. The maximum atomic E-state index is 13.2. The average Bonchev–Trinajstić information content (AvgIpc) is 3.41. The maximum absolute atomic E-state index is 13.2. The lowest BCUT2D eigenvalue weighted by molar-refractivity contribution is -0.138. The predicted octanol–water partition coefficient (Wildman–Crippen LogP) is 2.37. The SMILES string of the molecule is Cc1c(-c2cc(OCC(O)c3ccc(F)cn3)c3c(Cl)cnn3c2)nn2c1CN(C(=O)C1CNC1)CC2. The van der Waals surface area contributed by atoms with Crippen LogP contribution in [0.15, 0.2) is 36.8 Å². The normalized spacial score (nSPS) is 16.5. The molecular formula is C25H25ClFN7O3. The topological polar surface area (TPSA) is 110 Å². The van der Waals surface area contributed by atoms with Crippen molar-refractivity contribution >= 4 is 23.0 Å². The zero-order valence-corrected chi connectivity index (χ0v) is 20.8. The van der Waals surface area contributed by atoms with Crippen molar-refractivity contribution in [2.24, 2.45) is 5.92 Å². The minimum atomic E-state index is -1.07. The average molecular weight is 526 g/mol. The second-order valence-corrected chi connectivity index (χ2v) is 9.77. The molecule has 4 aromatic heterocycles. The molecule has 2 N–H and O–H groups in total. The van der Waals surface area contributed by atoms with Crippen molar-refractivity contribution in [2.75, 3.05) is 26.2 Å². The van der Waals surface area contributed by atoms with E-state index in [2.05, 4.69) is 15.4 Å². The minimum absolute atomic E-state index is 0.0568. The Morgan fingerprint density at radius 2 is 2.16 bits per heavy atom. The first-order valence-electron chi connectivity index (χ1n) is 12.0. The monoisotopic (exact) mass is 525 g/mol. The van der Waals surface area contributed by atoms with E-state index in [0.29, 0.717) is 41.6 Å². The largest absolute Gasteiger partial charge is 0.488 e. The van der Waals surface area contributed by atoms with E-state index in [9.17, 15) is 14.3 Å². The Balaban J connectivity index is 1.29. The molecule has 0 aliphatic carbocycles. The van der Waals surface area contributed by atoms with Gasteiger partial charge < -0.3 is 20.1 Å². The molecule has 1 fully saturated rings. The summed E-state index contributed by atoms with van der Waals surface area (Å²) < 4.78 is 22.7. The third-order valence-corrected chi connectivity index (χ3v) is 7.26. The molecule has 1 atom stereocenters. The molecule has 6 rings (SSSR count). The second kappa shape index (κ2) is 9.40. The van der Waals surface area contributed by atoms with E-state index in [1.807, 2.05) is 28.8 Å². The Kier molecular flexibility index (Phi) is 6.06. The van der Waals surface area contributed by atoms with Crippen LogP contribution >= 0.6 is 11.6 Å². The van der Waals surface area contributed by atoms with E-state index in [4.69, 9.17) is 21.4 Å². The van der Waals surface area contributed by atoms with Crippen molar-refractivity contribution in [1.82, 2.24) is 34.6 Å². The van der Waals surface area contributed by atoms with Crippen LogP contribution in [0.2, 0.25) is 5.02 Å². The van der Waals surface area contributed by atoms with Crippen molar-refractivity contribution < 1.29 is 19.0 Å². The van der Waals surface area contributed by atoms with Gasteiger partial charge in [0.25, 0.3) is 0 Å². The van der Waals surface area contributed by atoms with Gasteiger partial charge in [-0.2, -0.15) is 10.2 Å². The lowest BCUT2D eigenvalue weighted by Gasteiger charge is -2.34. The number of ether oxygens (including phenoxy) is 1. The van der Waals surface area contributed by atoms with E-state index >= 15 is 0 Å². The standard InChI is InChI=1S/C25H25ClFN7O3/c1-14-20-12-32(25(36)16-7-28-8-16)4-5-33(20)31-23(14)15-6-22(24-18(26)10-30-34(24)11-15)37-13-21(35)19-3-2-17(27)9-29-19/h2-3,6,9-11,16,21,28,35H,4-5,7-8,12-13H2,1H3. The summed E-state index contributed by atoms with van der Waals surface area (Å²) in [5, 5.41) is 23.3. The Labute approximate surface area is 216 Å². The lowest BCUT2D eigenvalue weighted by atomic mass is 10.0. The number of carbonyl (C=O) groups excluding carboxylic acids is 1. The third-order valence-electron chi connectivity index (χ3n) is 6.98. The summed E-state index contributed by atoms with van der Waals surface area (Å²) in [6.45, 7) is 5.12. The zero-order valence-electron chi connectivity index (χ0n) is 20.1. The predicted molar refractivity (Wildman–Crippen MR) is 133 cm³/mol. The minimum Gasteiger partial charge on any atom is -0.488 e. The number of hydrogen-bond acceptors (Lipinski definition) is 7. The fourth-order valence-corrected chi connectivity index (χ4v) is 4.98. The van der Waals surface area contributed by atoms with Gasteiger partial charge in [-0.1, -0.05) is 11.6 Å². The van der Waals surface area contributed by atoms with E-state index in [0.717, 1.165) is 41.8 Å². The van der Waals surface area contributed by atoms with Gasteiger partial charge in [0.1, 0.15) is 29.8 Å². The summed E-state index contributed by atoms with van der Waals surface area (Å²) in [7, 11) is 0. The van der Waals surface area contributed by atoms with E-state index in [1.165, 1.54) is 18.3 Å². The summed E-state index contributed by atoms with van der Waals surface area (Å²) in [4.78, 5) is 18.6.